The van der Waals surface area contributed by atoms with Gasteiger partial charge in [0.2, 0.25) is 0 Å². The zero-order valence-corrected chi connectivity index (χ0v) is 53.4. The van der Waals surface area contributed by atoms with Crippen molar-refractivity contribution < 1.29 is 35.4 Å². The van der Waals surface area contributed by atoms with Crippen molar-refractivity contribution in [3.05, 3.63) is 0 Å². The molecule has 0 aliphatic heterocycles. The summed E-state index contributed by atoms with van der Waals surface area (Å²) in [6.07, 6.45) is 29.2. The Morgan fingerprint density at radius 3 is 0.514 bits per heavy atom. The highest BCUT2D eigenvalue weighted by Crippen LogP contribution is 2.19. The van der Waals surface area contributed by atoms with Crippen LogP contribution in [-0.4, -0.2) is 142 Å². The van der Waals surface area contributed by atoms with Crippen LogP contribution in [0.3, 0.4) is 0 Å². The third-order valence-corrected chi connectivity index (χ3v) is 23.4. The molecule has 0 aliphatic carbocycles. The summed E-state index contributed by atoms with van der Waals surface area (Å²) < 4.78 is 46.6. The number of hydrogen-bond donors (Lipinski definition) is 4. The monoisotopic (exact) mass is 1070 g/mol. The van der Waals surface area contributed by atoms with Crippen molar-refractivity contribution in [2.75, 3.05) is 105 Å². The van der Waals surface area contributed by atoms with Crippen LogP contribution in [0.4, 0.5) is 0 Å². The summed E-state index contributed by atoms with van der Waals surface area (Å²) in [5.74, 6) is 0. The molecule has 0 amide bonds. The molecule has 4 unspecified atom stereocenters. The van der Waals surface area contributed by atoms with E-state index in [-0.39, 0.29) is 0 Å². The molecule has 4 atom stereocenters. The van der Waals surface area contributed by atoms with Crippen molar-refractivity contribution >= 4 is 37.1 Å². The van der Waals surface area contributed by atoms with Gasteiger partial charge in [-0.2, -0.15) is 0 Å². The summed E-state index contributed by atoms with van der Waals surface area (Å²) in [4.78, 5) is 0. The van der Waals surface area contributed by atoms with Crippen molar-refractivity contribution in [3.8, 4) is 0 Å². The van der Waals surface area contributed by atoms with Crippen molar-refractivity contribution in [2.24, 2.45) is 0 Å². The van der Waals surface area contributed by atoms with E-state index >= 15 is 0 Å². The fourth-order valence-corrected chi connectivity index (χ4v) is 16.1. The summed E-state index contributed by atoms with van der Waals surface area (Å²) in [6, 6.07) is 0. The van der Waals surface area contributed by atoms with Gasteiger partial charge in [-0.25, -0.2) is 0 Å². The second kappa shape index (κ2) is 58.6. The lowest BCUT2D eigenvalue weighted by Gasteiger charge is -2.21. The predicted octanol–water partition coefficient (Wildman–Crippen LogP) is 11.6. The maximum Gasteiger partial charge on any atom is 0.324 e. The topological polar surface area (TPSA) is 122 Å². The molecule has 0 aromatic carbocycles. The molecular weight excluding hydrogens is 945 g/mol. The third kappa shape index (κ3) is 48.1. The van der Waals surface area contributed by atoms with E-state index in [4.69, 9.17) is 35.4 Å². The van der Waals surface area contributed by atoms with Gasteiger partial charge in [-0.3, -0.25) is 0 Å². The molecule has 0 aromatic rings. The SMILES string of the molecule is CCO[SiH](OCC)C(C)CCNCCCCCCCCCCCCNCCC(C)[SiH](OCC)OCC.CCO[SiH](OCC)C(C)CCNCCCCCCCCCCNCCC(C)[SiH](OCC)OCC. The lowest BCUT2D eigenvalue weighted by Crippen LogP contribution is -2.30. The van der Waals surface area contributed by atoms with Gasteiger partial charge >= 0.3 is 37.1 Å². The molecule has 0 fully saturated rings. The van der Waals surface area contributed by atoms with E-state index in [0.717, 1.165) is 131 Å². The molecule has 0 aromatic heterocycles. The largest absolute Gasteiger partial charge is 0.397 e. The van der Waals surface area contributed by atoms with E-state index < -0.39 is 37.1 Å². The molecule has 0 bridgehead atoms. The van der Waals surface area contributed by atoms with Crippen LogP contribution in [-0.2, 0) is 35.4 Å². The fourth-order valence-electron chi connectivity index (χ4n) is 8.66. The van der Waals surface area contributed by atoms with Crippen LogP contribution < -0.4 is 21.3 Å². The highest BCUT2D eigenvalue weighted by atomic mass is 28.3. The van der Waals surface area contributed by atoms with Gasteiger partial charge in [-0.05, 0) is 181 Å². The zero-order valence-electron chi connectivity index (χ0n) is 48.8. The molecule has 0 aliphatic rings. The average molecular weight is 1070 g/mol. The Hall–Kier alpha value is 0.388. The van der Waals surface area contributed by atoms with Gasteiger partial charge in [0, 0.05) is 52.9 Å². The summed E-state index contributed by atoms with van der Waals surface area (Å²) in [7, 11) is -5.94. The maximum atomic E-state index is 5.83. The normalized spacial score (nSPS) is 13.7. The first kappa shape index (κ1) is 72.5. The van der Waals surface area contributed by atoms with Gasteiger partial charge in [0.15, 0.2) is 0 Å². The Balaban J connectivity index is 0. The third-order valence-electron chi connectivity index (χ3n) is 13.0. The molecule has 16 heteroatoms. The molecule has 4 N–H and O–H groups in total. The molecule has 0 saturated heterocycles. The van der Waals surface area contributed by atoms with Crippen molar-refractivity contribution in [2.45, 2.75) is 247 Å². The highest BCUT2D eigenvalue weighted by molar-refractivity contribution is 6.47. The van der Waals surface area contributed by atoms with Crippen LogP contribution in [0, 0.1) is 0 Å². The quantitative estimate of drug-likeness (QED) is 0.0343. The van der Waals surface area contributed by atoms with E-state index in [9.17, 15) is 0 Å². The molecule has 0 saturated carbocycles. The smallest absolute Gasteiger partial charge is 0.324 e. The second-order valence-electron chi connectivity index (χ2n) is 19.5. The molecule has 424 valence electrons. The predicted molar refractivity (Wildman–Crippen MR) is 312 cm³/mol. The first-order valence-corrected chi connectivity index (χ1v) is 36.4. The van der Waals surface area contributed by atoms with Crippen molar-refractivity contribution in [1.29, 1.82) is 0 Å². The number of nitrogens with one attached hydrogen (secondary N) is 4. The Morgan fingerprint density at radius 2 is 0.371 bits per heavy atom. The Morgan fingerprint density at radius 1 is 0.229 bits per heavy atom. The summed E-state index contributed by atoms with van der Waals surface area (Å²) in [6.45, 7) is 40.8. The molecule has 0 radical (unpaired) electrons. The Labute approximate surface area is 443 Å². The van der Waals surface area contributed by atoms with Crippen LogP contribution >= 0.6 is 0 Å². The number of hydrogen-bond acceptors (Lipinski definition) is 12. The molecule has 0 heterocycles. The maximum absolute atomic E-state index is 5.83. The van der Waals surface area contributed by atoms with Gasteiger partial charge in [0.25, 0.3) is 0 Å². The Bertz CT molecular complexity index is 899. The minimum absolute atomic E-state index is 0.570. The summed E-state index contributed by atoms with van der Waals surface area (Å²) >= 11 is 0. The fraction of sp³-hybridized carbons (Fsp3) is 1.00. The zero-order chi connectivity index (χ0) is 52.0. The summed E-state index contributed by atoms with van der Waals surface area (Å²) in [5, 5.41) is 14.4. The Kier molecular flexibility index (Phi) is 60.7. The molecule has 0 rings (SSSR count). The molecule has 12 nitrogen and oxygen atoms in total. The first-order chi connectivity index (χ1) is 34.2. The molecule has 0 spiro atoms. The lowest BCUT2D eigenvalue weighted by atomic mass is 10.1. The summed E-state index contributed by atoms with van der Waals surface area (Å²) in [5.41, 5.74) is 2.29. The van der Waals surface area contributed by atoms with E-state index in [2.05, 4.69) is 104 Å². The van der Waals surface area contributed by atoms with Gasteiger partial charge in [-0.15, -0.1) is 0 Å². The standard InChI is InChI=1S/C28H64N2O4Si2.C26H60N2O4Si2/c1-7-31-35(32-8-2)27(5)21-25-29-23-19-17-15-13-11-12-14-16-18-20-24-30-26-22-28(6)36(33-9-3)34-10-4;1-7-29-33(30-8-2)25(5)19-23-27-21-17-15-13-11-12-14-16-18-22-28-24-20-26(6)34(31-9-3)32-10-4/h27-30,35-36H,7-26H2,1-6H3;25-28,33-34H,7-24H2,1-6H3. The van der Waals surface area contributed by atoms with Gasteiger partial charge < -0.3 is 56.7 Å². The second-order valence-corrected chi connectivity index (χ2v) is 29.7. The van der Waals surface area contributed by atoms with E-state index in [1.54, 1.807) is 0 Å². The molecule has 70 heavy (non-hydrogen) atoms. The van der Waals surface area contributed by atoms with Gasteiger partial charge in [-0.1, -0.05) is 118 Å². The van der Waals surface area contributed by atoms with Gasteiger partial charge in [0.1, 0.15) is 0 Å². The van der Waals surface area contributed by atoms with E-state index in [0.29, 0.717) is 22.2 Å². The van der Waals surface area contributed by atoms with Crippen LogP contribution in [0.15, 0.2) is 0 Å². The van der Waals surface area contributed by atoms with Crippen LogP contribution in [0.1, 0.15) is 224 Å². The minimum atomic E-state index is -1.49. The lowest BCUT2D eigenvalue weighted by molar-refractivity contribution is 0.203. The van der Waals surface area contributed by atoms with Crippen LogP contribution in [0.2, 0.25) is 22.2 Å². The first-order valence-electron chi connectivity index (χ1n) is 30.0. The van der Waals surface area contributed by atoms with Crippen molar-refractivity contribution in [1.82, 2.24) is 21.3 Å². The number of unbranched alkanes of at least 4 members (excludes halogenated alkanes) is 16. The molecular formula is C54H124N4O8Si4. The minimum Gasteiger partial charge on any atom is -0.397 e. The van der Waals surface area contributed by atoms with Crippen LogP contribution in [0.5, 0.6) is 0 Å². The van der Waals surface area contributed by atoms with E-state index in [1.165, 1.54) is 116 Å². The number of rotatable bonds is 56. The van der Waals surface area contributed by atoms with Gasteiger partial charge in [0.05, 0.1) is 0 Å². The van der Waals surface area contributed by atoms with Crippen LogP contribution in [0.25, 0.3) is 0 Å². The average Bonchev–Trinajstić information content (AvgIpc) is 3.35. The van der Waals surface area contributed by atoms with E-state index in [1.807, 2.05) is 0 Å². The van der Waals surface area contributed by atoms with Crippen molar-refractivity contribution in [3.63, 3.8) is 0 Å². The highest BCUT2D eigenvalue weighted by Gasteiger charge is 2.23.